The van der Waals surface area contributed by atoms with Gasteiger partial charge in [0.2, 0.25) is 17.8 Å². The number of methoxy groups -OCH3 is 1. The van der Waals surface area contributed by atoms with Gasteiger partial charge in [-0.05, 0) is 44.1 Å². The number of nitrogens with one attached hydrogen (secondary N) is 2. The van der Waals surface area contributed by atoms with Crippen LogP contribution in [-0.4, -0.2) is 69.7 Å². The Kier molecular flexibility index (Phi) is 7.08. The SMILES string of the molecule is CCN1CCCC1CN(C)c1nc(Nc2ccc(OC)c(F)c2)nc(Nc2ccncn2)n1. The van der Waals surface area contributed by atoms with Crippen LogP contribution in [0.15, 0.2) is 36.8 Å². The Balaban J connectivity index is 1.60. The number of likely N-dealkylation sites (N-methyl/N-ethyl adjacent to an activating group) is 2. The Bertz CT molecular complexity index is 1070. The van der Waals surface area contributed by atoms with Crippen LogP contribution in [0.25, 0.3) is 0 Å². The molecule has 174 valence electrons. The Morgan fingerprint density at radius 1 is 1.18 bits per heavy atom. The Hall–Kier alpha value is -3.60. The molecule has 1 aliphatic heterocycles. The summed E-state index contributed by atoms with van der Waals surface area (Å²) < 4.78 is 19.2. The lowest BCUT2D eigenvalue weighted by Gasteiger charge is -2.28. The highest BCUT2D eigenvalue weighted by molar-refractivity contribution is 5.58. The Labute approximate surface area is 192 Å². The predicted molar refractivity (Wildman–Crippen MR) is 125 cm³/mol. The molecule has 0 radical (unpaired) electrons. The van der Waals surface area contributed by atoms with E-state index in [0.717, 1.165) is 26.1 Å². The maximum atomic E-state index is 14.2. The lowest BCUT2D eigenvalue weighted by molar-refractivity contribution is 0.270. The van der Waals surface area contributed by atoms with Gasteiger partial charge in [0.05, 0.1) is 7.11 Å². The van der Waals surface area contributed by atoms with Crippen molar-refractivity contribution in [2.75, 3.05) is 49.3 Å². The zero-order chi connectivity index (χ0) is 23.2. The average Bonchev–Trinajstić information content (AvgIpc) is 3.27. The van der Waals surface area contributed by atoms with Crippen molar-refractivity contribution in [1.82, 2.24) is 29.8 Å². The van der Waals surface area contributed by atoms with Crippen molar-refractivity contribution in [2.45, 2.75) is 25.8 Å². The second-order valence-corrected chi connectivity index (χ2v) is 7.78. The number of rotatable bonds is 9. The van der Waals surface area contributed by atoms with Crippen molar-refractivity contribution >= 4 is 29.4 Å². The monoisotopic (exact) mass is 453 g/mol. The molecule has 1 unspecified atom stereocenters. The average molecular weight is 454 g/mol. The quantitative estimate of drug-likeness (QED) is 0.502. The molecular weight excluding hydrogens is 425 g/mol. The standard InChI is InChI=1S/C22H28FN9O/c1-4-32-11-5-6-16(32)13-31(2)22-29-20(26-15-7-8-18(33-3)17(23)12-15)28-21(30-22)27-19-9-10-24-14-25-19/h7-10,12,14,16H,4-6,11,13H2,1-3H3,(H2,24,25,26,27,28,29,30). The third-order valence-electron chi connectivity index (χ3n) is 5.58. The van der Waals surface area contributed by atoms with E-state index in [2.05, 4.69) is 47.4 Å². The molecule has 0 aliphatic carbocycles. The van der Waals surface area contributed by atoms with E-state index in [1.54, 1.807) is 24.4 Å². The van der Waals surface area contributed by atoms with E-state index < -0.39 is 5.82 Å². The van der Waals surface area contributed by atoms with Crippen LogP contribution in [0, 0.1) is 5.82 Å². The second kappa shape index (κ2) is 10.3. The highest BCUT2D eigenvalue weighted by atomic mass is 19.1. The van der Waals surface area contributed by atoms with Gasteiger partial charge in [0.15, 0.2) is 11.6 Å². The highest BCUT2D eigenvalue weighted by Crippen LogP contribution is 2.25. The molecule has 1 fully saturated rings. The number of hydrogen-bond acceptors (Lipinski definition) is 10. The minimum Gasteiger partial charge on any atom is -0.494 e. The first kappa shape index (κ1) is 22.6. The van der Waals surface area contributed by atoms with Crippen LogP contribution >= 0.6 is 0 Å². The van der Waals surface area contributed by atoms with Crippen molar-refractivity contribution in [3.63, 3.8) is 0 Å². The summed E-state index contributed by atoms with van der Waals surface area (Å²) in [5.74, 6) is 1.35. The number of ether oxygens (including phenoxy) is 1. The fraction of sp³-hybridized carbons (Fsp3) is 0.409. The van der Waals surface area contributed by atoms with Crippen LogP contribution in [0.4, 0.5) is 33.7 Å². The molecule has 0 saturated carbocycles. The third-order valence-corrected chi connectivity index (χ3v) is 5.58. The van der Waals surface area contributed by atoms with Crippen molar-refractivity contribution in [3.05, 3.63) is 42.6 Å². The number of halogens is 1. The van der Waals surface area contributed by atoms with Gasteiger partial charge >= 0.3 is 0 Å². The van der Waals surface area contributed by atoms with Gasteiger partial charge in [-0.25, -0.2) is 14.4 Å². The van der Waals surface area contributed by atoms with Crippen LogP contribution in [0.3, 0.4) is 0 Å². The van der Waals surface area contributed by atoms with Crippen molar-refractivity contribution in [3.8, 4) is 5.75 Å². The van der Waals surface area contributed by atoms with E-state index in [1.807, 2.05) is 11.9 Å². The summed E-state index contributed by atoms with van der Waals surface area (Å²) in [4.78, 5) is 26.2. The molecule has 1 saturated heterocycles. The minimum absolute atomic E-state index is 0.166. The molecule has 0 bridgehead atoms. The summed E-state index contributed by atoms with van der Waals surface area (Å²) in [7, 11) is 3.39. The largest absolute Gasteiger partial charge is 0.494 e. The fourth-order valence-corrected chi connectivity index (χ4v) is 3.92. The molecule has 1 aromatic carbocycles. The molecule has 2 N–H and O–H groups in total. The maximum Gasteiger partial charge on any atom is 0.235 e. The topological polar surface area (TPSA) is 104 Å². The van der Waals surface area contributed by atoms with Gasteiger partial charge in [0, 0.05) is 37.6 Å². The molecule has 2 aromatic heterocycles. The fourth-order valence-electron chi connectivity index (χ4n) is 3.92. The maximum absolute atomic E-state index is 14.2. The van der Waals surface area contributed by atoms with Gasteiger partial charge < -0.3 is 20.3 Å². The van der Waals surface area contributed by atoms with Crippen LogP contribution in [0.2, 0.25) is 0 Å². The number of nitrogens with zero attached hydrogens (tertiary/aromatic N) is 7. The van der Waals surface area contributed by atoms with Crippen LogP contribution < -0.4 is 20.3 Å². The second-order valence-electron chi connectivity index (χ2n) is 7.78. The van der Waals surface area contributed by atoms with Crippen molar-refractivity contribution in [2.24, 2.45) is 0 Å². The molecular formula is C22H28FN9O. The van der Waals surface area contributed by atoms with E-state index >= 15 is 0 Å². The minimum atomic E-state index is -0.478. The van der Waals surface area contributed by atoms with E-state index in [9.17, 15) is 4.39 Å². The van der Waals surface area contributed by atoms with Crippen LogP contribution in [0.1, 0.15) is 19.8 Å². The molecule has 4 rings (SSSR count). The highest BCUT2D eigenvalue weighted by Gasteiger charge is 2.25. The molecule has 11 heteroatoms. The summed E-state index contributed by atoms with van der Waals surface area (Å²) >= 11 is 0. The van der Waals surface area contributed by atoms with Crippen LogP contribution in [-0.2, 0) is 0 Å². The van der Waals surface area contributed by atoms with Crippen molar-refractivity contribution in [1.29, 1.82) is 0 Å². The number of anilines is 5. The Morgan fingerprint density at radius 2 is 2.00 bits per heavy atom. The number of hydrogen-bond donors (Lipinski definition) is 2. The molecule has 1 atom stereocenters. The first-order chi connectivity index (χ1) is 16.1. The molecule has 1 aliphatic rings. The lowest BCUT2D eigenvalue weighted by atomic mass is 10.2. The summed E-state index contributed by atoms with van der Waals surface area (Å²) in [5, 5.41) is 6.15. The summed E-state index contributed by atoms with van der Waals surface area (Å²) in [6, 6.07) is 6.75. The van der Waals surface area contributed by atoms with Gasteiger partial charge in [-0.1, -0.05) is 6.92 Å². The van der Waals surface area contributed by atoms with E-state index in [4.69, 9.17) is 4.74 Å². The molecule has 0 amide bonds. The predicted octanol–water partition coefficient (Wildman–Crippen LogP) is 3.22. The number of aromatic nitrogens is 5. The van der Waals surface area contributed by atoms with Gasteiger partial charge in [0.1, 0.15) is 12.1 Å². The first-order valence-corrected chi connectivity index (χ1v) is 10.9. The van der Waals surface area contributed by atoms with Gasteiger partial charge in [-0.2, -0.15) is 15.0 Å². The zero-order valence-corrected chi connectivity index (χ0v) is 19.0. The summed E-state index contributed by atoms with van der Waals surface area (Å²) in [5.41, 5.74) is 0.494. The molecule has 33 heavy (non-hydrogen) atoms. The molecule has 3 aromatic rings. The smallest absolute Gasteiger partial charge is 0.235 e. The zero-order valence-electron chi connectivity index (χ0n) is 19.0. The first-order valence-electron chi connectivity index (χ1n) is 10.9. The van der Waals surface area contributed by atoms with Crippen LogP contribution in [0.5, 0.6) is 5.75 Å². The van der Waals surface area contributed by atoms with E-state index in [0.29, 0.717) is 29.4 Å². The summed E-state index contributed by atoms with van der Waals surface area (Å²) in [6.45, 7) is 5.11. The van der Waals surface area contributed by atoms with E-state index in [1.165, 1.54) is 25.9 Å². The number of likely N-dealkylation sites (tertiary alicyclic amines) is 1. The van der Waals surface area contributed by atoms with E-state index in [-0.39, 0.29) is 11.7 Å². The Morgan fingerprint density at radius 3 is 2.70 bits per heavy atom. The molecule has 0 spiro atoms. The van der Waals surface area contributed by atoms with Gasteiger partial charge in [-0.15, -0.1) is 0 Å². The molecule has 3 heterocycles. The van der Waals surface area contributed by atoms with Gasteiger partial charge in [-0.3, -0.25) is 4.90 Å². The number of benzene rings is 1. The van der Waals surface area contributed by atoms with Gasteiger partial charge in [0.25, 0.3) is 0 Å². The third kappa shape index (κ3) is 5.61. The van der Waals surface area contributed by atoms with Crippen molar-refractivity contribution < 1.29 is 9.13 Å². The molecule has 10 nitrogen and oxygen atoms in total. The summed E-state index contributed by atoms with van der Waals surface area (Å²) in [6.07, 6.45) is 5.41. The normalized spacial score (nSPS) is 15.9. The lowest BCUT2D eigenvalue weighted by Crippen LogP contribution is -2.39.